The van der Waals surface area contributed by atoms with Crippen molar-refractivity contribution >= 4 is 5.97 Å². The van der Waals surface area contributed by atoms with Crippen molar-refractivity contribution in [2.45, 2.75) is 19.1 Å². The summed E-state index contributed by atoms with van der Waals surface area (Å²) >= 11 is 0. The van der Waals surface area contributed by atoms with Gasteiger partial charge in [-0.25, -0.2) is 8.78 Å². The monoisotopic (exact) mass is 271 g/mol. The Balaban J connectivity index is 2.12. The average molecular weight is 271 g/mol. The summed E-state index contributed by atoms with van der Waals surface area (Å²) in [6.07, 6.45) is -0.439. The zero-order valence-electron chi connectivity index (χ0n) is 10.5. The van der Waals surface area contributed by atoms with Gasteiger partial charge in [0.15, 0.2) is 11.6 Å². The molecule has 104 valence electrons. The fourth-order valence-electron chi connectivity index (χ4n) is 2.09. The lowest BCUT2D eigenvalue weighted by atomic mass is 10.1. The summed E-state index contributed by atoms with van der Waals surface area (Å²) in [4.78, 5) is 12.7. The topological polar surface area (TPSA) is 49.8 Å². The molecule has 1 heterocycles. The number of hydrogen-bond acceptors (Lipinski definition) is 3. The van der Waals surface area contributed by atoms with Gasteiger partial charge in [-0.2, -0.15) is 0 Å². The number of ether oxygens (including phenoxy) is 1. The summed E-state index contributed by atoms with van der Waals surface area (Å²) in [6.45, 7) is 2.81. The summed E-state index contributed by atoms with van der Waals surface area (Å²) in [7, 11) is 0. The van der Waals surface area contributed by atoms with Crippen LogP contribution in [0, 0.1) is 11.6 Å². The zero-order chi connectivity index (χ0) is 14.0. The fraction of sp³-hybridized carbons (Fsp3) is 0.462. The molecule has 19 heavy (non-hydrogen) atoms. The van der Waals surface area contributed by atoms with E-state index in [-0.39, 0.29) is 0 Å². The van der Waals surface area contributed by atoms with Gasteiger partial charge in [-0.05, 0) is 24.6 Å². The smallest absolute Gasteiger partial charge is 0.320 e. The van der Waals surface area contributed by atoms with E-state index in [0.717, 1.165) is 12.1 Å². The minimum absolute atomic E-state index is 0.346. The Morgan fingerprint density at radius 2 is 2.21 bits per heavy atom. The predicted octanol–water partition coefficient (Wildman–Crippen LogP) is 1.81. The Kier molecular flexibility index (Phi) is 4.11. The van der Waals surface area contributed by atoms with Gasteiger partial charge in [0, 0.05) is 13.1 Å². The lowest BCUT2D eigenvalue weighted by Gasteiger charge is -2.35. The summed E-state index contributed by atoms with van der Waals surface area (Å²) in [5, 5.41) is 8.98. The van der Waals surface area contributed by atoms with E-state index in [9.17, 15) is 13.6 Å². The molecule has 0 radical (unpaired) electrons. The first-order valence-electron chi connectivity index (χ1n) is 6.02. The summed E-state index contributed by atoms with van der Waals surface area (Å²) in [6, 6.07) is 2.97. The molecule has 2 unspecified atom stereocenters. The van der Waals surface area contributed by atoms with Crippen LogP contribution in [0.4, 0.5) is 8.78 Å². The summed E-state index contributed by atoms with van der Waals surface area (Å²) in [5.74, 6) is -2.74. The van der Waals surface area contributed by atoms with Crippen LogP contribution < -0.4 is 0 Å². The summed E-state index contributed by atoms with van der Waals surface area (Å²) in [5.41, 5.74) is 0.515. The van der Waals surface area contributed by atoms with Crippen LogP contribution in [0.1, 0.15) is 18.6 Å². The predicted molar refractivity (Wildman–Crippen MR) is 63.7 cm³/mol. The van der Waals surface area contributed by atoms with Crippen molar-refractivity contribution in [1.29, 1.82) is 0 Å². The lowest BCUT2D eigenvalue weighted by Crippen LogP contribution is -2.46. The van der Waals surface area contributed by atoms with Crippen LogP contribution in [0.3, 0.4) is 0 Å². The van der Waals surface area contributed by atoms with Gasteiger partial charge in [0.25, 0.3) is 0 Å². The Morgan fingerprint density at radius 1 is 1.47 bits per heavy atom. The minimum Gasteiger partial charge on any atom is -0.480 e. The number of carbonyl (C=O) groups is 1. The van der Waals surface area contributed by atoms with Gasteiger partial charge in [-0.1, -0.05) is 6.07 Å². The molecule has 0 saturated carbocycles. The highest BCUT2D eigenvalue weighted by atomic mass is 19.2. The number of aliphatic carboxylic acids is 1. The van der Waals surface area contributed by atoms with Crippen molar-refractivity contribution < 1.29 is 23.4 Å². The number of morpholine rings is 1. The Hall–Kier alpha value is -1.53. The molecule has 1 N–H and O–H groups in total. The third-order valence-corrected chi connectivity index (χ3v) is 3.32. The molecule has 0 aromatic heterocycles. The number of hydrogen-bond donors (Lipinski definition) is 1. The first-order chi connectivity index (χ1) is 8.99. The van der Waals surface area contributed by atoms with Crippen LogP contribution in [-0.4, -0.2) is 41.7 Å². The highest BCUT2D eigenvalue weighted by molar-refractivity contribution is 5.72. The van der Waals surface area contributed by atoms with Gasteiger partial charge in [-0.3, -0.25) is 9.69 Å². The zero-order valence-corrected chi connectivity index (χ0v) is 10.5. The highest BCUT2D eigenvalue weighted by Crippen LogP contribution is 2.24. The van der Waals surface area contributed by atoms with Crippen molar-refractivity contribution in [2.24, 2.45) is 0 Å². The van der Waals surface area contributed by atoms with Crippen LogP contribution in [0.15, 0.2) is 18.2 Å². The molecular formula is C13H15F2NO3. The van der Waals surface area contributed by atoms with E-state index in [0.29, 0.717) is 25.3 Å². The third kappa shape index (κ3) is 3.08. The molecule has 2 atom stereocenters. The van der Waals surface area contributed by atoms with Crippen molar-refractivity contribution in [3.8, 4) is 0 Å². The van der Waals surface area contributed by atoms with Crippen LogP contribution in [-0.2, 0) is 9.53 Å². The molecule has 4 nitrogen and oxygen atoms in total. The largest absolute Gasteiger partial charge is 0.480 e. The van der Waals surface area contributed by atoms with E-state index in [2.05, 4.69) is 0 Å². The quantitative estimate of drug-likeness (QED) is 0.911. The van der Waals surface area contributed by atoms with E-state index < -0.39 is 29.7 Å². The Bertz CT molecular complexity index is 481. The van der Waals surface area contributed by atoms with Crippen molar-refractivity contribution in [3.63, 3.8) is 0 Å². The van der Waals surface area contributed by atoms with E-state index in [1.807, 2.05) is 0 Å². The van der Waals surface area contributed by atoms with Gasteiger partial charge >= 0.3 is 5.97 Å². The van der Waals surface area contributed by atoms with Crippen LogP contribution in [0.5, 0.6) is 0 Å². The molecule has 1 aliphatic rings. The number of carboxylic acid groups (broad SMARTS) is 1. The molecule has 1 saturated heterocycles. The van der Waals surface area contributed by atoms with Gasteiger partial charge in [0.2, 0.25) is 0 Å². The van der Waals surface area contributed by atoms with Gasteiger partial charge in [0.05, 0.1) is 12.7 Å². The summed E-state index contributed by atoms with van der Waals surface area (Å²) < 4.78 is 31.5. The second-order valence-electron chi connectivity index (χ2n) is 4.54. The molecule has 6 heteroatoms. The molecule has 1 aromatic carbocycles. The van der Waals surface area contributed by atoms with Crippen LogP contribution in [0.2, 0.25) is 0 Å². The number of nitrogens with zero attached hydrogens (tertiary/aromatic N) is 1. The second kappa shape index (κ2) is 5.63. The Morgan fingerprint density at radius 3 is 2.84 bits per heavy atom. The molecule has 2 rings (SSSR count). The number of rotatable bonds is 3. The van der Waals surface area contributed by atoms with Crippen molar-refractivity contribution in [1.82, 2.24) is 4.90 Å². The molecule has 0 aliphatic carbocycles. The maximum Gasteiger partial charge on any atom is 0.320 e. The molecule has 0 bridgehead atoms. The lowest BCUT2D eigenvalue weighted by molar-refractivity contribution is -0.145. The Labute approximate surface area is 109 Å². The van der Waals surface area contributed by atoms with Gasteiger partial charge in [0.1, 0.15) is 6.04 Å². The minimum atomic E-state index is -0.926. The normalized spacial score (nSPS) is 22.2. The maximum absolute atomic E-state index is 13.2. The van der Waals surface area contributed by atoms with Crippen LogP contribution >= 0.6 is 0 Å². The van der Waals surface area contributed by atoms with E-state index in [1.54, 1.807) is 11.8 Å². The van der Waals surface area contributed by atoms with Crippen molar-refractivity contribution in [2.75, 3.05) is 19.7 Å². The fourth-order valence-corrected chi connectivity index (χ4v) is 2.09. The van der Waals surface area contributed by atoms with E-state index >= 15 is 0 Å². The number of halogens is 2. The SMILES string of the molecule is CC(C(=O)O)N1CCOC(c2ccc(F)c(F)c2)C1. The van der Waals surface area contributed by atoms with E-state index in [4.69, 9.17) is 9.84 Å². The molecule has 1 fully saturated rings. The third-order valence-electron chi connectivity index (χ3n) is 3.32. The van der Waals surface area contributed by atoms with Crippen LogP contribution in [0.25, 0.3) is 0 Å². The molecule has 1 aromatic rings. The molecule has 0 amide bonds. The molecule has 1 aliphatic heterocycles. The maximum atomic E-state index is 13.2. The molecule has 0 spiro atoms. The standard InChI is InChI=1S/C13H15F2NO3/c1-8(13(17)18)16-4-5-19-12(7-16)9-2-3-10(14)11(15)6-9/h2-3,6,8,12H,4-5,7H2,1H3,(H,17,18). The first-order valence-corrected chi connectivity index (χ1v) is 6.02. The van der Waals surface area contributed by atoms with Gasteiger partial charge in [-0.15, -0.1) is 0 Å². The van der Waals surface area contributed by atoms with Crippen molar-refractivity contribution in [3.05, 3.63) is 35.4 Å². The molecular weight excluding hydrogens is 256 g/mol. The van der Waals surface area contributed by atoms with E-state index in [1.165, 1.54) is 6.07 Å². The average Bonchev–Trinajstić information content (AvgIpc) is 2.41. The first kappa shape index (κ1) is 13.9. The van der Waals surface area contributed by atoms with Gasteiger partial charge < -0.3 is 9.84 Å². The number of carboxylic acids is 1. The number of benzene rings is 1. The second-order valence-corrected chi connectivity index (χ2v) is 4.54. The highest BCUT2D eigenvalue weighted by Gasteiger charge is 2.28.